The molecule has 3 rings (SSSR count). The molecule has 0 saturated carbocycles. The maximum atomic E-state index is 13.5. The number of aromatic nitrogens is 2. The van der Waals surface area contributed by atoms with Crippen LogP contribution in [0.4, 0.5) is 35.5 Å². The van der Waals surface area contributed by atoms with Gasteiger partial charge in [-0.3, -0.25) is 0 Å². The predicted octanol–water partition coefficient (Wildman–Crippen LogP) is 6.98. The van der Waals surface area contributed by atoms with Gasteiger partial charge < -0.3 is 9.64 Å². The van der Waals surface area contributed by atoms with Gasteiger partial charge >= 0.3 is 18.4 Å². The van der Waals surface area contributed by atoms with Gasteiger partial charge in [0.1, 0.15) is 5.82 Å². The molecule has 0 bridgehead atoms. The molecule has 0 fully saturated rings. The van der Waals surface area contributed by atoms with Crippen LogP contribution in [0.15, 0.2) is 47.8 Å². The number of carbonyl (C=O) groups is 1. The molecule has 1 amide bonds. The minimum Gasteiger partial charge on any atom is -0.390 e. The van der Waals surface area contributed by atoms with E-state index >= 15 is 0 Å². The van der Waals surface area contributed by atoms with Gasteiger partial charge in [-0.05, 0) is 60.2 Å². The Hall–Kier alpha value is -3.35. The Morgan fingerprint density at radius 2 is 1.61 bits per heavy atom. The number of benzene rings is 2. The predicted molar refractivity (Wildman–Crippen MR) is 118 cm³/mol. The fourth-order valence-corrected chi connectivity index (χ4v) is 3.58. The Kier molecular flexibility index (Phi) is 7.82. The molecule has 0 spiro atoms. The highest BCUT2D eigenvalue weighted by Gasteiger charge is 2.37. The van der Waals surface area contributed by atoms with E-state index in [4.69, 9.17) is 4.74 Å². The Morgan fingerprint density at radius 1 is 1.00 bits per heavy atom. The number of amides is 1. The van der Waals surface area contributed by atoms with Gasteiger partial charge in [0.25, 0.3) is 0 Å². The molecule has 2 aromatic carbocycles. The number of rotatable bonds is 5. The fourth-order valence-electron chi connectivity index (χ4n) is 3.25. The van der Waals surface area contributed by atoms with Crippen LogP contribution in [0, 0.1) is 12.7 Å². The molecule has 5 nitrogen and oxygen atoms in total. The zero-order valence-electron chi connectivity index (χ0n) is 19.0. The van der Waals surface area contributed by atoms with E-state index in [2.05, 4.69) is 9.97 Å². The van der Waals surface area contributed by atoms with Gasteiger partial charge in [0.15, 0.2) is 5.16 Å². The molecule has 0 aliphatic heterocycles. The normalized spacial score (nSPS) is 11.9. The van der Waals surface area contributed by atoms with Gasteiger partial charge in [-0.25, -0.2) is 14.2 Å². The monoisotopic (exact) mass is 533 g/mol. The molecule has 1 aromatic heterocycles. The van der Waals surface area contributed by atoms with Crippen molar-refractivity contribution < 1.29 is 40.3 Å². The first-order chi connectivity index (χ1) is 16.7. The third-order valence-electron chi connectivity index (χ3n) is 4.96. The summed E-state index contributed by atoms with van der Waals surface area (Å²) in [4.78, 5) is 21.8. The molecule has 0 unspecified atom stereocenters. The molecule has 13 heteroatoms. The first-order valence-electron chi connectivity index (χ1n) is 10.1. The van der Waals surface area contributed by atoms with Crippen molar-refractivity contribution in [1.82, 2.24) is 14.9 Å². The largest absolute Gasteiger partial charge is 0.416 e. The average molecular weight is 533 g/mol. The van der Waals surface area contributed by atoms with E-state index in [1.807, 2.05) is 0 Å². The maximum absolute atomic E-state index is 13.5. The van der Waals surface area contributed by atoms with Gasteiger partial charge in [0.2, 0.25) is 5.88 Å². The number of hydrogen-bond acceptors (Lipinski definition) is 5. The molecule has 0 saturated heterocycles. The highest BCUT2D eigenvalue weighted by molar-refractivity contribution is 7.98. The number of carbonyl (C=O) groups excluding carboxylic acids is 1. The van der Waals surface area contributed by atoms with Crippen molar-refractivity contribution in [2.75, 3.05) is 13.3 Å². The summed E-state index contributed by atoms with van der Waals surface area (Å²) in [7, 11) is 1.15. The molecule has 0 radical (unpaired) electrons. The van der Waals surface area contributed by atoms with E-state index in [-0.39, 0.29) is 22.7 Å². The van der Waals surface area contributed by atoms with Crippen LogP contribution in [0.1, 0.15) is 22.3 Å². The average Bonchev–Trinajstić information content (AvgIpc) is 2.78. The lowest BCUT2D eigenvalue weighted by molar-refractivity contribution is -0.143. The van der Waals surface area contributed by atoms with Crippen LogP contribution < -0.4 is 4.74 Å². The summed E-state index contributed by atoms with van der Waals surface area (Å²) in [6, 6.07) is 4.94. The second-order valence-electron chi connectivity index (χ2n) is 7.67. The quantitative estimate of drug-likeness (QED) is 0.201. The van der Waals surface area contributed by atoms with Gasteiger partial charge in [0.05, 0.1) is 16.7 Å². The molecular weight excluding hydrogens is 515 g/mol. The minimum absolute atomic E-state index is 0.00393. The summed E-state index contributed by atoms with van der Waals surface area (Å²) in [5, 5.41) is 0.233. The van der Waals surface area contributed by atoms with Crippen LogP contribution in [0.2, 0.25) is 0 Å². The summed E-state index contributed by atoms with van der Waals surface area (Å²) in [6.45, 7) is 1.00. The molecule has 36 heavy (non-hydrogen) atoms. The number of alkyl halides is 6. The lowest BCUT2D eigenvalue weighted by Gasteiger charge is -2.20. The van der Waals surface area contributed by atoms with Gasteiger partial charge in [-0.2, -0.15) is 31.3 Å². The van der Waals surface area contributed by atoms with E-state index in [0.29, 0.717) is 23.3 Å². The number of ether oxygens (including phenoxy) is 1. The summed E-state index contributed by atoms with van der Waals surface area (Å²) < 4.78 is 97.7. The van der Waals surface area contributed by atoms with Crippen LogP contribution in [-0.2, 0) is 18.9 Å². The van der Waals surface area contributed by atoms with Crippen LogP contribution in [0.5, 0.6) is 5.88 Å². The van der Waals surface area contributed by atoms with Crippen LogP contribution in [0.3, 0.4) is 0 Å². The van der Waals surface area contributed by atoms with Crippen molar-refractivity contribution >= 4 is 17.9 Å². The van der Waals surface area contributed by atoms with E-state index in [0.717, 1.165) is 23.7 Å². The van der Waals surface area contributed by atoms with Gasteiger partial charge in [0, 0.05) is 19.8 Å². The summed E-state index contributed by atoms with van der Waals surface area (Å²) in [5.41, 5.74) is -2.21. The molecule has 3 aromatic rings. The number of nitrogens with zero attached hydrogens (tertiary/aromatic N) is 3. The van der Waals surface area contributed by atoms with Gasteiger partial charge in [-0.1, -0.05) is 17.8 Å². The van der Waals surface area contributed by atoms with Crippen LogP contribution in [-0.4, -0.2) is 34.3 Å². The van der Waals surface area contributed by atoms with E-state index in [1.54, 1.807) is 13.2 Å². The van der Waals surface area contributed by atoms with Crippen LogP contribution in [0.25, 0.3) is 11.1 Å². The first kappa shape index (κ1) is 27.2. The Labute approximate surface area is 205 Å². The van der Waals surface area contributed by atoms with Crippen LogP contribution >= 0.6 is 11.8 Å². The SMILES string of the molecule is CSc1ncc(-c2ccc(F)cc2C)c(OC(=O)N(C)Cc2cc(C(F)(F)F)cc(C(F)(F)F)c2)n1. The van der Waals surface area contributed by atoms with E-state index < -0.39 is 47.5 Å². The van der Waals surface area contributed by atoms with Gasteiger partial charge in [-0.15, -0.1) is 0 Å². The summed E-state index contributed by atoms with van der Waals surface area (Å²) in [6.07, 6.45) is -8.10. The standard InChI is InChI=1S/C23H18F7N3O2S/c1-12-6-16(24)4-5-17(12)18-10-31-20(36-3)32-19(18)35-21(34)33(2)11-13-7-14(22(25,26)27)9-15(8-13)23(28,29)30/h4-10H,11H2,1-3H3. The third-order valence-corrected chi connectivity index (χ3v) is 5.52. The molecule has 0 aliphatic rings. The lowest BCUT2D eigenvalue weighted by Crippen LogP contribution is -2.30. The highest BCUT2D eigenvalue weighted by Crippen LogP contribution is 2.37. The van der Waals surface area contributed by atoms with Crippen molar-refractivity contribution in [2.24, 2.45) is 0 Å². The molecule has 192 valence electrons. The second kappa shape index (κ2) is 10.3. The number of thioether (sulfide) groups is 1. The maximum Gasteiger partial charge on any atom is 0.416 e. The van der Waals surface area contributed by atoms with Crippen molar-refractivity contribution in [1.29, 1.82) is 0 Å². The Balaban J connectivity index is 1.91. The number of halogens is 7. The minimum atomic E-state index is -5.02. The highest BCUT2D eigenvalue weighted by atomic mass is 32.2. The Bertz CT molecular complexity index is 1250. The first-order valence-corrected chi connectivity index (χ1v) is 11.3. The van der Waals surface area contributed by atoms with Crippen molar-refractivity contribution in [3.63, 3.8) is 0 Å². The molecule has 0 N–H and O–H groups in total. The van der Waals surface area contributed by atoms with E-state index in [9.17, 15) is 35.5 Å². The number of hydrogen-bond donors (Lipinski definition) is 0. The third kappa shape index (κ3) is 6.45. The summed E-state index contributed by atoms with van der Waals surface area (Å²) >= 11 is 1.14. The molecule has 0 atom stereocenters. The van der Waals surface area contributed by atoms with Crippen molar-refractivity contribution in [2.45, 2.75) is 31.0 Å². The smallest absolute Gasteiger partial charge is 0.390 e. The molecular formula is C23H18F7N3O2S. The molecule has 1 heterocycles. The fraction of sp³-hybridized carbons (Fsp3) is 0.261. The zero-order chi connectivity index (χ0) is 26.8. The summed E-state index contributed by atoms with van der Waals surface area (Å²) in [5.74, 6) is -0.698. The second-order valence-corrected chi connectivity index (χ2v) is 8.45. The van der Waals surface area contributed by atoms with Crippen molar-refractivity contribution in [3.8, 4) is 17.0 Å². The van der Waals surface area contributed by atoms with Crippen molar-refractivity contribution in [3.05, 3.63) is 70.7 Å². The topological polar surface area (TPSA) is 55.3 Å². The number of aryl methyl sites for hydroxylation is 1. The molecule has 0 aliphatic carbocycles. The zero-order valence-corrected chi connectivity index (χ0v) is 19.8. The Morgan fingerprint density at radius 3 is 2.14 bits per heavy atom. The lowest BCUT2D eigenvalue weighted by atomic mass is 10.0. The van der Waals surface area contributed by atoms with E-state index in [1.165, 1.54) is 24.4 Å².